The lowest BCUT2D eigenvalue weighted by Crippen LogP contribution is -2.16. The third kappa shape index (κ3) is 4.24. The van der Waals surface area contributed by atoms with Crippen LogP contribution in [0.1, 0.15) is 19.4 Å². The first-order valence-electron chi connectivity index (χ1n) is 5.23. The van der Waals surface area contributed by atoms with Crippen LogP contribution >= 0.6 is 11.8 Å². The average Bonchev–Trinajstić information content (AvgIpc) is 2.27. The second-order valence-corrected chi connectivity index (χ2v) is 5.29. The van der Waals surface area contributed by atoms with Gasteiger partial charge in [0.15, 0.2) is 0 Å². The van der Waals surface area contributed by atoms with Gasteiger partial charge in [-0.05, 0) is 11.3 Å². The van der Waals surface area contributed by atoms with E-state index in [1.165, 1.54) is 0 Å². The first-order valence-corrected chi connectivity index (χ1v) is 6.28. The molecule has 0 radical (unpaired) electrons. The van der Waals surface area contributed by atoms with Crippen molar-refractivity contribution in [3.63, 3.8) is 0 Å². The maximum atomic E-state index is 11.6. The maximum absolute atomic E-state index is 11.6. The van der Waals surface area contributed by atoms with Crippen LogP contribution in [-0.4, -0.2) is 22.0 Å². The van der Waals surface area contributed by atoms with Crippen molar-refractivity contribution in [2.75, 3.05) is 11.1 Å². The largest absolute Gasteiger partial charge is 0.392 e. The van der Waals surface area contributed by atoms with E-state index in [2.05, 4.69) is 19.2 Å². The Balaban J connectivity index is 2.55. The van der Waals surface area contributed by atoms with Crippen LogP contribution in [0.5, 0.6) is 0 Å². The zero-order chi connectivity index (χ0) is 12.0. The molecule has 1 amide bonds. The summed E-state index contributed by atoms with van der Waals surface area (Å²) in [4.78, 5) is 11.6. The molecule has 0 saturated carbocycles. The monoisotopic (exact) mass is 239 g/mol. The molecule has 0 saturated heterocycles. The van der Waals surface area contributed by atoms with Crippen molar-refractivity contribution in [1.82, 2.24) is 0 Å². The lowest BCUT2D eigenvalue weighted by molar-refractivity contribution is -0.113. The molecule has 2 N–H and O–H groups in total. The van der Waals surface area contributed by atoms with Gasteiger partial charge in [0.05, 0.1) is 12.4 Å². The molecule has 1 aromatic rings. The van der Waals surface area contributed by atoms with Crippen molar-refractivity contribution in [2.24, 2.45) is 0 Å². The molecule has 0 aliphatic rings. The molecule has 0 heterocycles. The number of nitrogens with one attached hydrogen (secondary N) is 1. The van der Waals surface area contributed by atoms with Gasteiger partial charge in [-0.3, -0.25) is 4.79 Å². The van der Waals surface area contributed by atoms with Crippen molar-refractivity contribution in [1.29, 1.82) is 0 Å². The molecule has 1 aromatic carbocycles. The van der Waals surface area contributed by atoms with Gasteiger partial charge >= 0.3 is 0 Å². The second kappa shape index (κ2) is 6.55. The molecule has 0 bridgehead atoms. The molecule has 0 fully saturated rings. The van der Waals surface area contributed by atoms with E-state index in [1.54, 1.807) is 23.9 Å². The number of amides is 1. The third-order valence-corrected chi connectivity index (χ3v) is 3.11. The standard InChI is InChI=1S/C12H17NO2S/c1-9(2)16-8-12(15)13-11-6-4-3-5-10(11)7-14/h3-6,9,14H,7-8H2,1-2H3,(H,13,15). The van der Waals surface area contributed by atoms with Gasteiger partial charge in [0, 0.05) is 11.3 Å². The Hall–Kier alpha value is -1.00. The van der Waals surface area contributed by atoms with E-state index >= 15 is 0 Å². The summed E-state index contributed by atoms with van der Waals surface area (Å²) in [7, 11) is 0. The van der Waals surface area contributed by atoms with Crippen LogP contribution in [0.15, 0.2) is 24.3 Å². The van der Waals surface area contributed by atoms with E-state index in [1.807, 2.05) is 12.1 Å². The molecular formula is C12H17NO2S. The zero-order valence-corrected chi connectivity index (χ0v) is 10.4. The van der Waals surface area contributed by atoms with Crippen LogP contribution in [0.2, 0.25) is 0 Å². The zero-order valence-electron chi connectivity index (χ0n) is 9.56. The summed E-state index contributed by atoms with van der Waals surface area (Å²) >= 11 is 1.60. The van der Waals surface area contributed by atoms with Crippen molar-refractivity contribution >= 4 is 23.4 Å². The van der Waals surface area contributed by atoms with Crippen molar-refractivity contribution in [3.05, 3.63) is 29.8 Å². The van der Waals surface area contributed by atoms with E-state index in [-0.39, 0.29) is 12.5 Å². The van der Waals surface area contributed by atoms with Crippen LogP contribution in [0.4, 0.5) is 5.69 Å². The minimum Gasteiger partial charge on any atom is -0.392 e. The van der Waals surface area contributed by atoms with E-state index in [0.29, 0.717) is 16.7 Å². The van der Waals surface area contributed by atoms with Gasteiger partial charge in [-0.25, -0.2) is 0 Å². The van der Waals surface area contributed by atoms with Crippen LogP contribution in [0.25, 0.3) is 0 Å². The number of hydrogen-bond acceptors (Lipinski definition) is 3. The fourth-order valence-corrected chi connectivity index (χ4v) is 1.77. The molecule has 16 heavy (non-hydrogen) atoms. The lowest BCUT2D eigenvalue weighted by atomic mass is 10.2. The average molecular weight is 239 g/mol. The Morgan fingerprint density at radius 2 is 2.12 bits per heavy atom. The van der Waals surface area contributed by atoms with Gasteiger partial charge in [-0.1, -0.05) is 32.0 Å². The Morgan fingerprint density at radius 3 is 2.75 bits per heavy atom. The minimum absolute atomic E-state index is 0.0281. The number of thioether (sulfide) groups is 1. The highest BCUT2D eigenvalue weighted by Gasteiger charge is 2.06. The molecule has 0 aliphatic carbocycles. The molecule has 3 nitrogen and oxygen atoms in total. The summed E-state index contributed by atoms with van der Waals surface area (Å²) in [5, 5.41) is 12.3. The number of anilines is 1. The molecule has 0 aliphatic heterocycles. The molecule has 0 spiro atoms. The number of aliphatic hydroxyl groups is 1. The Morgan fingerprint density at radius 1 is 1.44 bits per heavy atom. The Labute approximate surface area is 100 Å². The topological polar surface area (TPSA) is 49.3 Å². The summed E-state index contributed by atoms with van der Waals surface area (Å²) < 4.78 is 0. The van der Waals surface area contributed by atoms with Crippen LogP contribution < -0.4 is 5.32 Å². The van der Waals surface area contributed by atoms with E-state index in [9.17, 15) is 4.79 Å². The molecule has 1 rings (SSSR count). The van der Waals surface area contributed by atoms with Gasteiger partial charge in [0.25, 0.3) is 0 Å². The fraction of sp³-hybridized carbons (Fsp3) is 0.417. The number of rotatable bonds is 5. The van der Waals surface area contributed by atoms with Crippen molar-refractivity contribution in [2.45, 2.75) is 25.7 Å². The smallest absolute Gasteiger partial charge is 0.234 e. The molecule has 0 atom stereocenters. The lowest BCUT2D eigenvalue weighted by Gasteiger charge is -2.09. The highest BCUT2D eigenvalue weighted by atomic mass is 32.2. The Bertz CT molecular complexity index is 353. The first-order chi connectivity index (χ1) is 7.63. The summed E-state index contributed by atoms with van der Waals surface area (Å²) in [6, 6.07) is 7.27. The number of carbonyl (C=O) groups excluding carboxylic acids is 1. The normalized spacial score (nSPS) is 10.5. The number of carbonyl (C=O) groups is 1. The predicted molar refractivity (Wildman–Crippen MR) is 68.6 cm³/mol. The van der Waals surface area contributed by atoms with E-state index in [0.717, 1.165) is 5.56 Å². The van der Waals surface area contributed by atoms with Gasteiger partial charge in [-0.2, -0.15) is 0 Å². The summed E-state index contributed by atoms with van der Waals surface area (Å²) in [5.41, 5.74) is 1.43. The SMILES string of the molecule is CC(C)SCC(=O)Nc1ccccc1CO. The highest BCUT2D eigenvalue weighted by Crippen LogP contribution is 2.16. The van der Waals surface area contributed by atoms with Crippen LogP contribution in [0, 0.1) is 0 Å². The fourth-order valence-electron chi connectivity index (χ4n) is 1.21. The first kappa shape index (κ1) is 13.1. The maximum Gasteiger partial charge on any atom is 0.234 e. The second-order valence-electron chi connectivity index (χ2n) is 3.72. The molecule has 4 heteroatoms. The molecule has 0 aromatic heterocycles. The Kier molecular flexibility index (Phi) is 5.35. The van der Waals surface area contributed by atoms with Crippen molar-refractivity contribution in [3.8, 4) is 0 Å². The minimum atomic E-state index is -0.0617. The summed E-state index contributed by atoms with van der Waals surface area (Å²) in [6.45, 7) is 4.05. The van der Waals surface area contributed by atoms with Crippen LogP contribution in [0.3, 0.4) is 0 Å². The number of benzene rings is 1. The molecule has 88 valence electrons. The number of para-hydroxylation sites is 1. The number of hydrogen-bond donors (Lipinski definition) is 2. The van der Waals surface area contributed by atoms with Gasteiger partial charge in [-0.15, -0.1) is 11.8 Å². The predicted octanol–water partition coefficient (Wildman–Crippen LogP) is 2.26. The van der Waals surface area contributed by atoms with E-state index in [4.69, 9.17) is 5.11 Å². The summed E-state index contributed by atoms with van der Waals surface area (Å²) in [6.07, 6.45) is 0. The summed E-state index contributed by atoms with van der Waals surface area (Å²) in [5.74, 6) is 0.414. The van der Waals surface area contributed by atoms with E-state index < -0.39 is 0 Å². The van der Waals surface area contributed by atoms with Crippen LogP contribution in [-0.2, 0) is 11.4 Å². The molecular weight excluding hydrogens is 222 g/mol. The third-order valence-electron chi connectivity index (χ3n) is 2.01. The number of aliphatic hydroxyl groups excluding tert-OH is 1. The molecule has 0 unspecified atom stereocenters. The van der Waals surface area contributed by atoms with Gasteiger partial charge in [0.1, 0.15) is 0 Å². The quantitative estimate of drug-likeness (QED) is 0.828. The highest BCUT2D eigenvalue weighted by molar-refractivity contribution is 8.00. The van der Waals surface area contributed by atoms with Gasteiger partial charge in [0.2, 0.25) is 5.91 Å². The van der Waals surface area contributed by atoms with Gasteiger partial charge < -0.3 is 10.4 Å². The van der Waals surface area contributed by atoms with Crippen molar-refractivity contribution < 1.29 is 9.90 Å².